The molecular weight excluding hydrogens is 176 g/mol. The molecule has 3 heteroatoms. The summed E-state index contributed by atoms with van der Waals surface area (Å²) >= 11 is 0. The average Bonchev–Trinajstić information content (AvgIpc) is 2.75. The van der Waals surface area contributed by atoms with E-state index in [4.69, 9.17) is 4.42 Å². The van der Waals surface area contributed by atoms with Crippen LogP contribution in [0.1, 0.15) is 5.56 Å². The van der Waals surface area contributed by atoms with Crippen LogP contribution in [0.2, 0.25) is 0 Å². The van der Waals surface area contributed by atoms with E-state index in [0.717, 1.165) is 30.8 Å². The summed E-state index contributed by atoms with van der Waals surface area (Å²) in [6, 6.07) is 2.13. The fourth-order valence-corrected chi connectivity index (χ4v) is 2.62. The maximum atomic E-state index is 5.52. The third kappa shape index (κ3) is 1.23. The van der Waals surface area contributed by atoms with Crippen LogP contribution in [0.3, 0.4) is 0 Å². The summed E-state index contributed by atoms with van der Waals surface area (Å²) in [6.07, 6.45) is 1.84. The van der Waals surface area contributed by atoms with Crippen molar-refractivity contribution in [3.8, 4) is 0 Å². The molecule has 2 aliphatic rings. The van der Waals surface area contributed by atoms with Gasteiger partial charge in [-0.1, -0.05) is 0 Å². The van der Waals surface area contributed by atoms with Gasteiger partial charge in [0.05, 0.1) is 6.26 Å². The van der Waals surface area contributed by atoms with Gasteiger partial charge in [0.25, 0.3) is 0 Å². The molecule has 14 heavy (non-hydrogen) atoms. The van der Waals surface area contributed by atoms with Gasteiger partial charge in [0.2, 0.25) is 0 Å². The van der Waals surface area contributed by atoms with Crippen LogP contribution in [0.4, 0.5) is 5.88 Å². The summed E-state index contributed by atoms with van der Waals surface area (Å²) < 4.78 is 5.52. The lowest BCUT2D eigenvalue weighted by Crippen LogP contribution is -2.24. The van der Waals surface area contributed by atoms with Gasteiger partial charge in [-0.15, -0.1) is 0 Å². The molecular formula is C11H16N2O. The van der Waals surface area contributed by atoms with Crippen LogP contribution in [-0.2, 0) is 0 Å². The lowest BCUT2D eigenvalue weighted by Gasteiger charge is -2.15. The Balaban J connectivity index is 1.76. The van der Waals surface area contributed by atoms with E-state index in [9.17, 15) is 0 Å². The van der Waals surface area contributed by atoms with E-state index in [0.29, 0.717) is 0 Å². The second-order valence-electron chi connectivity index (χ2n) is 4.55. The molecule has 1 aromatic rings. The van der Waals surface area contributed by atoms with Gasteiger partial charge in [-0.05, 0) is 24.3 Å². The van der Waals surface area contributed by atoms with E-state index >= 15 is 0 Å². The largest absolute Gasteiger partial charge is 0.449 e. The van der Waals surface area contributed by atoms with Crippen molar-refractivity contribution < 1.29 is 4.42 Å². The monoisotopic (exact) mass is 192 g/mol. The van der Waals surface area contributed by atoms with Crippen molar-refractivity contribution in [3.05, 3.63) is 17.9 Å². The first kappa shape index (κ1) is 8.36. The van der Waals surface area contributed by atoms with Gasteiger partial charge < -0.3 is 14.6 Å². The highest BCUT2D eigenvalue weighted by atomic mass is 16.3. The van der Waals surface area contributed by atoms with Crippen molar-refractivity contribution in [2.24, 2.45) is 11.8 Å². The summed E-state index contributed by atoms with van der Waals surface area (Å²) in [4.78, 5) is 2.38. The minimum atomic E-state index is 0.834. The number of aryl methyl sites for hydroxylation is 1. The lowest BCUT2D eigenvalue weighted by molar-refractivity contribution is 0.533. The van der Waals surface area contributed by atoms with Gasteiger partial charge in [0, 0.05) is 32.2 Å². The average molecular weight is 192 g/mol. The summed E-state index contributed by atoms with van der Waals surface area (Å²) in [5, 5.41) is 3.44. The molecule has 2 fully saturated rings. The molecule has 0 spiro atoms. The topological polar surface area (TPSA) is 28.4 Å². The maximum absolute atomic E-state index is 5.52. The molecule has 1 N–H and O–H groups in total. The van der Waals surface area contributed by atoms with E-state index in [1.165, 1.54) is 18.7 Å². The first-order valence-electron chi connectivity index (χ1n) is 5.34. The maximum Gasteiger partial charge on any atom is 0.195 e. The predicted molar refractivity (Wildman–Crippen MR) is 55.5 cm³/mol. The van der Waals surface area contributed by atoms with Crippen LogP contribution in [-0.4, -0.2) is 26.2 Å². The highest BCUT2D eigenvalue weighted by Gasteiger charge is 2.36. The van der Waals surface area contributed by atoms with Gasteiger partial charge in [0.1, 0.15) is 0 Å². The highest BCUT2D eigenvalue weighted by molar-refractivity contribution is 5.40. The molecule has 0 aromatic carbocycles. The minimum Gasteiger partial charge on any atom is -0.449 e. The van der Waals surface area contributed by atoms with E-state index < -0.39 is 0 Å². The Bertz CT molecular complexity index is 322. The molecule has 0 radical (unpaired) electrons. The molecule has 76 valence electrons. The molecule has 2 aliphatic heterocycles. The SMILES string of the molecule is Cc1coc(N2C[C@H]3CNC[C@H]3C2)c1. The molecule has 3 nitrogen and oxygen atoms in total. The second-order valence-corrected chi connectivity index (χ2v) is 4.55. The number of nitrogens with zero attached hydrogens (tertiary/aromatic N) is 1. The summed E-state index contributed by atoms with van der Waals surface area (Å²) in [6.45, 7) is 6.75. The zero-order valence-electron chi connectivity index (χ0n) is 8.49. The third-order valence-corrected chi connectivity index (χ3v) is 3.42. The van der Waals surface area contributed by atoms with E-state index in [1.54, 1.807) is 0 Å². The number of hydrogen-bond donors (Lipinski definition) is 1. The Labute approximate surface area is 84.1 Å². The molecule has 1 aromatic heterocycles. The normalized spacial score (nSPS) is 31.1. The highest BCUT2D eigenvalue weighted by Crippen LogP contribution is 2.31. The van der Waals surface area contributed by atoms with Crippen LogP contribution in [0.25, 0.3) is 0 Å². The summed E-state index contributed by atoms with van der Waals surface area (Å²) in [5.41, 5.74) is 1.22. The first-order valence-corrected chi connectivity index (χ1v) is 5.34. The van der Waals surface area contributed by atoms with Crippen LogP contribution in [0, 0.1) is 18.8 Å². The van der Waals surface area contributed by atoms with Gasteiger partial charge >= 0.3 is 0 Å². The van der Waals surface area contributed by atoms with E-state index in [1.807, 2.05) is 6.26 Å². The Kier molecular flexibility index (Phi) is 1.80. The van der Waals surface area contributed by atoms with Crippen molar-refractivity contribution in [2.45, 2.75) is 6.92 Å². The number of nitrogens with one attached hydrogen (secondary N) is 1. The number of furan rings is 1. The number of anilines is 1. The van der Waals surface area contributed by atoms with Crippen molar-refractivity contribution in [1.29, 1.82) is 0 Å². The Morgan fingerprint density at radius 1 is 1.36 bits per heavy atom. The van der Waals surface area contributed by atoms with Crippen molar-refractivity contribution in [1.82, 2.24) is 5.32 Å². The summed E-state index contributed by atoms with van der Waals surface area (Å²) in [5.74, 6) is 2.72. The quantitative estimate of drug-likeness (QED) is 0.725. The van der Waals surface area contributed by atoms with Crippen molar-refractivity contribution >= 4 is 5.88 Å². The molecule has 0 aliphatic carbocycles. The van der Waals surface area contributed by atoms with Gasteiger partial charge in [0.15, 0.2) is 5.88 Å². The fourth-order valence-electron chi connectivity index (χ4n) is 2.62. The molecule has 0 amide bonds. The molecule has 3 rings (SSSR count). The number of hydrogen-bond acceptors (Lipinski definition) is 3. The Morgan fingerprint density at radius 2 is 2.07 bits per heavy atom. The molecule has 2 atom stereocenters. The molecule has 0 bridgehead atoms. The van der Waals surface area contributed by atoms with Gasteiger partial charge in [-0.25, -0.2) is 0 Å². The van der Waals surface area contributed by atoms with Crippen LogP contribution < -0.4 is 10.2 Å². The van der Waals surface area contributed by atoms with Crippen molar-refractivity contribution in [3.63, 3.8) is 0 Å². The van der Waals surface area contributed by atoms with Crippen LogP contribution >= 0.6 is 0 Å². The molecule has 0 unspecified atom stereocenters. The smallest absolute Gasteiger partial charge is 0.195 e. The standard InChI is InChI=1S/C11H16N2O/c1-8-2-11(14-7-8)13-5-9-3-12-4-10(9)6-13/h2,7,9-10,12H,3-6H2,1H3/t9-,10+. The van der Waals surface area contributed by atoms with Gasteiger partial charge in [-0.3, -0.25) is 0 Å². The first-order chi connectivity index (χ1) is 6.83. The van der Waals surface area contributed by atoms with Crippen LogP contribution in [0.5, 0.6) is 0 Å². The minimum absolute atomic E-state index is 0.834. The molecule has 3 heterocycles. The predicted octanol–water partition coefficient (Wildman–Crippen LogP) is 1.24. The van der Waals surface area contributed by atoms with Crippen molar-refractivity contribution in [2.75, 3.05) is 31.1 Å². The summed E-state index contributed by atoms with van der Waals surface area (Å²) in [7, 11) is 0. The zero-order valence-corrected chi connectivity index (χ0v) is 8.49. The molecule has 0 saturated carbocycles. The fraction of sp³-hybridized carbons (Fsp3) is 0.636. The molecule has 2 saturated heterocycles. The van der Waals surface area contributed by atoms with E-state index in [-0.39, 0.29) is 0 Å². The lowest BCUT2D eigenvalue weighted by atomic mass is 10.0. The van der Waals surface area contributed by atoms with Gasteiger partial charge in [-0.2, -0.15) is 0 Å². The van der Waals surface area contributed by atoms with Crippen LogP contribution in [0.15, 0.2) is 16.7 Å². The number of rotatable bonds is 1. The second kappa shape index (κ2) is 3.02. The zero-order chi connectivity index (χ0) is 9.54. The number of fused-ring (bicyclic) bond motifs is 1. The Morgan fingerprint density at radius 3 is 2.64 bits per heavy atom. The third-order valence-electron chi connectivity index (χ3n) is 3.42. The Hall–Kier alpha value is -0.960. The van der Waals surface area contributed by atoms with E-state index in [2.05, 4.69) is 23.2 Å².